The number of anilines is 1. The van der Waals surface area contributed by atoms with Gasteiger partial charge < -0.3 is 10.1 Å². The molecular formula is C21H19F2NO2S. The number of benzene rings is 2. The third-order valence-corrected chi connectivity index (χ3v) is 4.99. The van der Waals surface area contributed by atoms with Gasteiger partial charge in [-0.2, -0.15) is 0 Å². The quantitative estimate of drug-likeness (QED) is 0.565. The molecule has 1 N–H and O–H groups in total. The number of halogens is 2. The van der Waals surface area contributed by atoms with Crippen LogP contribution in [0.5, 0.6) is 5.75 Å². The van der Waals surface area contributed by atoms with Crippen LogP contribution in [-0.2, 0) is 6.61 Å². The number of thiophene rings is 1. The molecule has 0 bridgehead atoms. The molecule has 0 radical (unpaired) electrons. The van der Waals surface area contributed by atoms with E-state index in [9.17, 15) is 13.6 Å². The van der Waals surface area contributed by atoms with E-state index >= 15 is 0 Å². The van der Waals surface area contributed by atoms with Crippen LogP contribution >= 0.6 is 11.3 Å². The first kappa shape index (κ1) is 19.0. The van der Waals surface area contributed by atoms with Gasteiger partial charge in [-0.15, -0.1) is 11.3 Å². The summed E-state index contributed by atoms with van der Waals surface area (Å²) in [4.78, 5) is 12.7. The van der Waals surface area contributed by atoms with E-state index in [-0.39, 0.29) is 5.69 Å². The molecule has 3 nitrogen and oxygen atoms in total. The highest BCUT2D eigenvalue weighted by Crippen LogP contribution is 2.22. The smallest absolute Gasteiger partial charge is 0.265 e. The number of nitrogens with one attached hydrogen (secondary N) is 1. The van der Waals surface area contributed by atoms with Crippen LogP contribution in [0.2, 0.25) is 0 Å². The minimum atomic E-state index is -0.812. The number of carbonyl (C=O) groups is 1. The number of ether oxygens (including phenoxy) is 1. The van der Waals surface area contributed by atoms with E-state index < -0.39 is 17.5 Å². The lowest BCUT2D eigenvalue weighted by atomic mass is 10.0. The Bertz CT molecular complexity index is 936. The van der Waals surface area contributed by atoms with Gasteiger partial charge in [0.25, 0.3) is 5.91 Å². The first-order valence-corrected chi connectivity index (χ1v) is 9.37. The van der Waals surface area contributed by atoms with Crippen LogP contribution in [0.25, 0.3) is 0 Å². The maximum atomic E-state index is 13.6. The molecule has 0 fully saturated rings. The molecule has 1 heterocycles. The van der Waals surface area contributed by atoms with Gasteiger partial charge in [0.05, 0.1) is 10.6 Å². The van der Waals surface area contributed by atoms with E-state index in [1.54, 1.807) is 6.07 Å². The van der Waals surface area contributed by atoms with Crippen LogP contribution in [0.1, 0.15) is 40.6 Å². The zero-order chi connectivity index (χ0) is 19.4. The average Bonchev–Trinajstić information content (AvgIpc) is 3.12. The fourth-order valence-corrected chi connectivity index (χ4v) is 3.25. The Morgan fingerprint density at radius 1 is 1.11 bits per heavy atom. The van der Waals surface area contributed by atoms with Crippen LogP contribution in [0, 0.1) is 11.6 Å². The number of hydrogen-bond acceptors (Lipinski definition) is 3. The monoisotopic (exact) mass is 387 g/mol. The summed E-state index contributed by atoms with van der Waals surface area (Å²) >= 11 is 1.24. The van der Waals surface area contributed by atoms with E-state index in [0.717, 1.165) is 23.4 Å². The number of hydrogen-bond donors (Lipinski definition) is 1. The molecular weight excluding hydrogens is 368 g/mol. The van der Waals surface area contributed by atoms with Crippen molar-refractivity contribution in [3.05, 3.63) is 81.5 Å². The highest BCUT2D eigenvalue weighted by molar-refractivity contribution is 7.12. The Morgan fingerprint density at radius 3 is 2.52 bits per heavy atom. The van der Waals surface area contributed by atoms with E-state index in [4.69, 9.17) is 4.74 Å². The summed E-state index contributed by atoms with van der Waals surface area (Å²) in [5, 5.41) is 4.26. The van der Waals surface area contributed by atoms with Gasteiger partial charge in [-0.1, -0.05) is 26.0 Å². The molecule has 0 saturated heterocycles. The van der Waals surface area contributed by atoms with Gasteiger partial charge in [0.15, 0.2) is 0 Å². The highest BCUT2D eigenvalue weighted by atomic mass is 32.1. The van der Waals surface area contributed by atoms with Crippen LogP contribution in [0.15, 0.2) is 53.9 Å². The summed E-state index contributed by atoms with van der Waals surface area (Å²) in [6.07, 6.45) is 0. The lowest BCUT2D eigenvalue weighted by Crippen LogP contribution is -2.11. The summed E-state index contributed by atoms with van der Waals surface area (Å²) < 4.78 is 32.3. The average molecular weight is 387 g/mol. The lowest BCUT2D eigenvalue weighted by Gasteiger charge is -2.08. The zero-order valence-corrected chi connectivity index (χ0v) is 15.8. The topological polar surface area (TPSA) is 38.3 Å². The molecule has 0 aliphatic heterocycles. The molecule has 0 aliphatic rings. The highest BCUT2D eigenvalue weighted by Gasteiger charge is 2.13. The Balaban J connectivity index is 1.59. The standard InChI is InChI=1S/C21H19F2NO2S/c1-13(2)15-3-6-17(7-4-15)26-11-14-9-20(27-12-14)21(25)24-19-8-5-16(22)10-18(19)23/h3-10,12-13H,11H2,1-2H3,(H,24,25). The first-order valence-electron chi connectivity index (χ1n) is 8.49. The van der Waals surface area contributed by atoms with Crippen molar-refractivity contribution in [3.8, 4) is 5.75 Å². The minimum absolute atomic E-state index is 0.0576. The molecule has 140 valence electrons. The maximum absolute atomic E-state index is 13.6. The molecule has 1 aromatic heterocycles. The van der Waals surface area contributed by atoms with Crippen LogP contribution in [0.4, 0.5) is 14.5 Å². The van der Waals surface area contributed by atoms with Gasteiger partial charge in [-0.25, -0.2) is 8.78 Å². The largest absolute Gasteiger partial charge is 0.489 e. The zero-order valence-electron chi connectivity index (χ0n) is 15.0. The maximum Gasteiger partial charge on any atom is 0.265 e. The first-order chi connectivity index (χ1) is 12.9. The molecule has 0 saturated carbocycles. The van der Waals surface area contributed by atoms with Crippen LogP contribution in [-0.4, -0.2) is 5.91 Å². The molecule has 0 aliphatic carbocycles. The van der Waals surface area contributed by atoms with Gasteiger partial charge in [0.1, 0.15) is 24.0 Å². The number of amides is 1. The van der Waals surface area contributed by atoms with E-state index in [1.165, 1.54) is 23.0 Å². The second-order valence-corrected chi connectivity index (χ2v) is 7.32. The third kappa shape index (κ3) is 4.92. The van der Waals surface area contributed by atoms with Gasteiger partial charge >= 0.3 is 0 Å². The molecule has 27 heavy (non-hydrogen) atoms. The summed E-state index contributed by atoms with van der Waals surface area (Å²) in [6, 6.07) is 12.6. The predicted octanol–water partition coefficient (Wildman–Crippen LogP) is 5.98. The summed E-state index contributed by atoms with van der Waals surface area (Å²) in [7, 11) is 0. The van der Waals surface area contributed by atoms with Crippen molar-refractivity contribution in [1.82, 2.24) is 0 Å². The molecule has 1 amide bonds. The normalized spacial score (nSPS) is 10.9. The molecule has 0 unspecified atom stereocenters. The van der Waals surface area contributed by atoms with Crippen LogP contribution < -0.4 is 10.1 Å². The second-order valence-electron chi connectivity index (χ2n) is 6.41. The molecule has 2 aromatic carbocycles. The lowest BCUT2D eigenvalue weighted by molar-refractivity contribution is 0.103. The molecule has 0 atom stereocenters. The Hall–Kier alpha value is -2.73. The van der Waals surface area contributed by atoms with Crippen molar-refractivity contribution < 1.29 is 18.3 Å². The van der Waals surface area contributed by atoms with Gasteiger partial charge in [0.2, 0.25) is 0 Å². The van der Waals surface area contributed by atoms with Crippen molar-refractivity contribution in [2.75, 3.05) is 5.32 Å². The van der Waals surface area contributed by atoms with Crippen molar-refractivity contribution in [2.24, 2.45) is 0 Å². The fourth-order valence-electron chi connectivity index (χ4n) is 2.46. The third-order valence-electron chi connectivity index (χ3n) is 4.01. The fraction of sp³-hybridized carbons (Fsp3) is 0.190. The minimum Gasteiger partial charge on any atom is -0.489 e. The van der Waals surface area contributed by atoms with Crippen LogP contribution in [0.3, 0.4) is 0 Å². The van der Waals surface area contributed by atoms with Crippen molar-refractivity contribution >= 4 is 22.9 Å². The van der Waals surface area contributed by atoms with E-state index in [2.05, 4.69) is 19.2 Å². The van der Waals surface area contributed by atoms with E-state index in [1.807, 2.05) is 29.6 Å². The summed E-state index contributed by atoms with van der Waals surface area (Å²) in [6.45, 7) is 4.59. The van der Waals surface area contributed by atoms with Crippen molar-refractivity contribution in [2.45, 2.75) is 26.4 Å². The van der Waals surface area contributed by atoms with Gasteiger partial charge in [-0.05, 0) is 47.2 Å². The van der Waals surface area contributed by atoms with E-state index in [0.29, 0.717) is 17.4 Å². The molecule has 6 heteroatoms. The predicted molar refractivity (Wildman–Crippen MR) is 103 cm³/mol. The van der Waals surface area contributed by atoms with Crippen molar-refractivity contribution in [3.63, 3.8) is 0 Å². The second kappa shape index (κ2) is 8.31. The Morgan fingerprint density at radius 2 is 1.85 bits per heavy atom. The number of rotatable bonds is 6. The Kier molecular flexibility index (Phi) is 5.86. The summed E-state index contributed by atoms with van der Waals surface area (Å²) in [5.41, 5.74) is 2.03. The molecule has 3 aromatic rings. The SMILES string of the molecule is CC(C)c1ccc(OCc2csc(C(=O)Nc3ccc(F)cc3F)c2)cc1. The Labute approximate surface area is 160 Å². The van der Waals surface area contributed by atoms with Gasteiger partial charge in [0, 0.05) is 11.6 Å². The van der Waals surface area contributed by atoms with Gasteiger partial charge in [-0.3, -0.25) is 4.79 Å². The van der Waals surface area contributed by atoms with Crippen molar-refractivity contribution in [1.29, 1.82) is 0 Å². The number of carbonyl (C=O) groups excluding carboxylic acids is 1. The summed E-state index contributed by atoms with van der Waals surface area (Å²) in [5.74, 6) is -0.734. The molecule has 0 spiro atoms. The molecule has 3 rings (SSSR count).